The van der Waals surface area contributed by atoms with Gasteiger partial charge in [0.15, 0.2) is 12.4 Å². The van der Waals surface area contributed by atoms with E-state index in [-0.39, 0.29) is 18.0 Å². The number of hydrogen-bond acceptors (Lipinski definition) is 5. The molecule has 0 saturated heterocycles. The first kappa shape index (κ1) is 20.4. The summed E-state index contributed by atoms with van der Waals surface area (Å²) in [6.07, 6.45) is 0.513. The van der Waals surface area contributed by atoms with Crippen LogP contribution < -0.4 is 15.1 Å². The van der Waals surface area contributed by atoms with E-state index in [0.29, 0.717) is 34.6 Å². The van der Waals surface area contributed by atoms with E-state index >= 15 is 0 Å². The number of ketones is 1. The smallest absolute Gasteiger partial charge is 0.340 e. The van der Waals surface area contributed by atoms with Crippen LogP contribution >= 0.6 is 0 Å². The minimum atomic E-state index is -0.361. The summed E-state index contributed by atoms with van der Waals surface area (Å²) in [5.74, 6) is 0.996. The zero-order valence-corrected chi connectivity index (χ0v) is 17.4. The van der Waals surface area contributed by atoms with Crippen molar-refractivity contribution in [2.75, 3.05) is 13.7 Å². The van der Waals surface area contributed by atoms with Crippen LogP contribution in [0, 0.1) is 6.92 Å². The highest BCUT2D eigenvalue weighted by atomic mass is 16.5. The van der Waals surface area contributed by atoms with Crippen molar-refractivity contribution >= 4 is 16.8 Å². The van der Waals surface area contributed by atoms with E-state index in [1.807, 2.05) is 43.3 Å². The van der Waals surface area contributed by atoms with Gasteiger partial charge in [0.05, 0.1) is 7.11 Å². The molecule has 5 heteroatoms. The van der Waals surface area contributed by atoms with Crippen LogP contribution in [0.5, 0.6) is 11.5 Å². The van der Waals surface area contributed by atoms with Crippen LogP contribution in [0.15, 0.2) is 82.0 Å². The normalized spacial score (nSPS) is 10.8. The molecule has 0 aliphatic carbocycles. The van der Waals surface area contributed by atoms with E-state index in [1.54, 1.807) is 43.5 Å². The fourth-order valence-electron chi connectivity index (χ4n) is 3.48. The minimum Gasteiger partial charge on any atom is -0.497 e. The number of carbonyl (C=O) groups is 1. The summed E-state index contributed by atoms with van der Waals surface area (Å²) in [6, 6.07) is 22.0. The third-order valence-corrected chi connectivity index (χ3v) is 5.26. The van der Waals surface area contributed by atoms with Crippen LogP contribution in [0.25, 0.3) is 11.0 Å². The van der Waals surface area contributed by atoms with E-state index < -0.39 is 0 Å². The highest BCUT2D eigenvalue weighted by Crippen LogP contribution is 2.25. The Labute approximate surface area is 179 Å². The first-order valence-corrected chi connectivity index (χ1v) is 9.95. The van der Waals surface area contributed by atoms with Crippen LogP contribution in [-0.2, 0) is 6.42 Å². The van der Waals surface area contributed by atoms with Crippen molar-refractivity contribution in [2.24, 2.45) is 0 Å². The highest BCUT2D eigenvalue weighted by Gasteiger charge is 2.13. The van der Waals surface area contributed by atoms with E-state index in [2.05, 4.69) is 0 Å². The fraction of sp³-hybridized carbons (Fsp3) is 0.154. The summed E-state index contributed by atoms with van der Waals surface area (Å²) in [5.41, 5.74) is 3.19. The lowest BCUT2D eigenvalue weighted by Crippen LogP contribution is -2.12. The van der Waals surface area contributed by atoms with Gasteiger partial charge in [-0.2, -0.15) is 0 Å². The van der Waals surface area contributed by atoms with Gasteiger partial charge in [-0.25, -0.2) is 4.79 Å². The highest BCUT2D eigenvalue weighted by molar-refractivity contribution is 5.97. The minimum absolute atomic E-state index is 0.118. The lowest BCUT2D eigenvalue weighted by atomic mass is 10.00. The summed E-state index contributed by atoms with van der Waals surface area (Å²) in [6.45, 7) is 1.80. The maximum atomic E-state index is 12.6. The topological polar surface area (TPSA) is 65.7 Å². The molecule has 0 fully saturated rings. The summed E-state index contributed by atoms with van der Waals surface area (Å²) >= 11 is 0. The molecule has 0 bridgehead atoms. The number of ether oxygens (including phenoxy) is 2. The van der Waals surface area contributed by atoms with Gasteiger partial charge in [0, 0.05) is 29.0 Å². The molecule has 156 valence electrons. The predicted molar refractivity (Wildman–Crippen MR) is 119 cm³/mol. The zero-order chi connectivity index (χ0) is 21.8. The lowest BCUT2D eigenvalue weighted by Gasteiger charge is -2.10. The predicted octanol–water partition coefficient (Wildman–Crippen LogP) is 4.96. The Kier molecular flexibility index (Phi) is 5.85. The van der Waals surface area contributed by atoms with Crippen LogP contribution in [0.1, 0.15) is 27.0 Å². The van der Waals surface area contributed by atoms with Gasteiger partial charge >= 0.3 is 5.63 Å². The molecule has 0 unspecified atom stereocenters. The first-order chi connectivity index (χ1) is 15.0. The second-order valence-corrected chi connectivity index (χ2v) is 7.25. The molecule has 1 heterocycles. The van der Waals surface area contributed by atoms with E-state index in [1.165, 1.54) is 0 Å². The maximum Gasteiger partial charge on any atom is 0.340 e. The van der Waals surface area contributed by atoms with Crippen molar-refractivity contribution in [3.8, 4) is 11.5 Å². The van der Waals surface area contributed by atoms with Gasteiger partial charge < -0.3 is 13.9 Å². The molecular formula is C26H22O5. The molecule has 4 rings (SSSR count). The molecule has 0 radical (unpaired) electrons. The van der Waals surface area contributed by atoms with Crippen molar-refractivity contribution in [3.05, 3.63) is 105 Å². The van der Waals surface area contributed by atoms with Gasteiger partial charge in [-0.1, -0.05) is 30.3 Å². The molecule has 0 aliphatic rings. The number of methoxy groups -OCH3 is 1. The summed E-state index contributed by atoms with van der Waals surface area (Å²) in [4.78, 5) is 25.0. The molecule has 0 N–H and O–H groups in total. The number of rotatable bonds is 7. The van der Waals surface area contributed by atoms with Crippen LogP contribution in [-0.4, -0.2) is 19.5 Å². The quantitative estimate of drug-likeness (QED) is 0.316. The number of aryl methyl sites for hydroxylation is 1. The van der Waals surface area contributed by atoms with Gasteiger partial charge in [-0.05, 0) is 54.4 Å². The Morgan fingerprint density at radius 3 is 2.35 bits per heavy atom. The van der Waals surface area contributed by atoms with Crippen molar-refractivity contribution in [3.63, 3.8) is 0 Å². The molecule has 0 saturated carbocycles. The SMILES string of the molecule is COc1ccc(C(=O)COc2ccc3c(C)c(Cc4ccccc4)c(=O)oc3c2)cc1. The molecule has 5 nitrogen and oxygen atoms in total. The fourth-order valence-corrected chi connectivity index (χ4v) is 3.48. The molecule has 0 spiro atoms. The van der Waals surface area contributed by atoms with E-state index in [9.17, 15) is 9.59 Å². The van der Waals surface area contributed by atoms with Crippen molar-refractivity contribution < 1.29 is 18.7 Å². The Balaban J connectivity index is 1.53. The molecule has 0 atom stereocenters. The molecule has 4 aromatic rings. The standard InChI is InChI=1S/C26H22O5/c1-17-22-13-12-21(30-16-24(27)19-8-10-20(29-2)11-9-19)15-25(22)31-26(28)23(17)14-18-6-4-3-5-7-18/h3-13,15H,14,16H2,1-2H3. The second-order valence-electron chi connectivity index (χ2n) is 7.25. The summed E-state index contributed by atoms with van der Waals surface area (Å²) in [5, 5.41) is 0.847. The summed E-state index contributed by atoms with van der Waals surface area (Å²) in [7, 11) is 1.57. The Bertz CT molecular complexity index is 1270. The summed E-state index contributed by atoms with van der Waals surface area (Å²) < 4.78 is 16.3. The van der Waals surface area contributed by atoms with E-state index in [4.69, 9.17) is 13.9 Å². The van der Waals surface area contributed by atoms with Gasteiger partial charge in [0.2, 0.25) is 0 Å². The average Bonchev–Trinajstić information content (AvgIpc) is 2.80. The molecule has 0 aliphatic heterocycles. The van der Waals surface area contributed by atoms with Gasteiger partial charge in [0.1, 0.15) is 17.1 Å². The maximum absolute atomic E-state index is 12.6. The second kappa shape index (κ2) is 8.88. The van der Waals surface area contributed by atoms with Gasteiger partial charge in [0.25, 0.3) is 0 Å². The van der Waals surface area contributed by atoms with E-state index in [0.717, 1.165) is 16.5 Å². The molecule has 1 aromatic heterocycles. The largest absolute Gasteiger partial charge is 0.497 e. The number of benzene rings is 3. The Hall–Kier alpha value is -3.86. The number of fused-ring (bicyclic) bond motifs is 1. The zero-order valence-electron chi connectivity index (χ0n) is 17.4. The third-order valence-electron chi connectivity index (χ3n) is 5.26. The molecule has 31 heavy (non-hydrogen) atoms. The van der Waals surface area contributed by atoms with Crippen LogP contribution in [0.2, 0.25) is 0 Å². The van der Waals surface area contributed by atoms with Gasteiger partial charge in [-0.3, -0.25) is 4.79 Å². The first-order valence-electron chi connectivity index (χ1n) is 9.95. The van der Waals surface area contributed by atoms with Crippen molar-refractivity contribution in [1.29, 1.82) is 0 Å². The number of Topliss-reactive ketones (excluding diaryl/α,β-unsaturated/α-hetero) is 1. The Morgan fingerprint density at radius 1 is 0.935 bits per heavy atom. The number of carbonyl (C=O) groups excluding carboxylic acids is 1. The lowest BCUT2D eigenvalue weighted by molar-refractivity contribution is 0.0921. The molecule has 0 amide bonds. The Morgan fingerprint density at radius 2 is 1.65 bits per heavy atom. The van der Waals surface area contributed by atoms with Crippen molar-refractivity contribution in [2.45, 2.75) is 13.3 Å². The number of hydrogen-bond donors (Lipinski definition) is 0. The average molecular weight is 414 g/mol. The monoisotopic (exact) mass is 414 g/mol. The molecular weight excluding hydrogens is 392 g/mol. The van der Waals surface area contributed by atoms with Crippen molar-refractivity contribution in [1.82, 2.24) is 0 Å². The third kappa shape index (κ3) is 4.51. The molecule has 3 aromatic carbocycles. The van der Waals surface area contributed by atoms with Crippen LogP contribution in [0.4, 0.5) is 0 Å². The van der Waals surface area contributed by atoms with Crippen LogP contribution in [0.3, 0.4) is 0 Å². The van der Waals surface area contributed by atoms with Gasteiger partial charge in [-0.15, -0.1) is 0 Å².